The van der Waals surface area contributed by atoms with Crippen LogP contribution < -0.4 is 0 Å². The zero-order chi connectivity index (χ0) is 51.9. The molecule has 3 aromatic heterocycles. The van der Waals surface area contributed by atoms with Crippen molar-refractivity contribution in [3.63, 3.8) is 0 Å². The summed E-state index contributed by atoms with van der Waals surface area (Å²) in [5.41, 5.74) is 17.0. The second-order valence-corrected chi connectivity index (χ2v) is 23.7. The van der Waals surface area contributed by atoms with Gasteiger partial charge in [0.1, 0.15) is 11.6 Å². The molecule has 0 amide bonds. The number of nitrogens with zero attached hydrogens (tertiary/aromatic N) is 4. The Kier molecular flexibility index (Phi) is 13.0. The fourth-order valence-electron chi connectivity index (χ4n) is 10.7. The first-order valence-electron chi connectivity index (χ1n) is 26.0. The topological polar surface area (TPSA) is 55.9 Å². The molecule has 0 unspecified atom stereocenters. The molecule has 8 aromatic carbocycles. The van der Waals surface area contributed by atoms with Gasteiger partial charge in [-0.1, -0.05) is 209 Å². The minimum absolute atomic E-state index is 0. The standard InChI is InChI=1S/C69H65N4O.Pt/c1-66(2,3)48-34-35-60(54(39-48)44-24-15-12-16-25-44)73-61-33-23-31-52(63(61)71-65(73)55-40-49(67(4,5)6)41-57(64(55)74)68(7,8)9)45-36-46(38-50(37-45)69(10,11)47-26-17-13-18-27-47)58-42-62-56(43-70-58)53-30-21-22-32-59(53)72(62)51-28-19-14-20-29-51;/h12-35,37-43,74H,1-11H3;/q-1;. The number of phenolic OH excluding ortho intramolecular Hbond substituents is 1. The van der Waals surface area contributed by atoms with Crippen LogP contribution in [0.5, 0.6) is 5.75 Å². The van der Waals surface area contributed by atoms with E-state index < -0.39 is 5.41 Å². The number of aromatic hydroxyl groups is 1. The van der Waals surface area contributed by atoms with Crippen LogP contribution in [-0.2, 0) is 42.7 Å². The van der Waals surface area contributed by atoms with Gasteiger partial charge in [0.05, 0.1) is 33.3 Å². The van der Waals surface area contributed by atoms with E-state index in [1.165, 1.54) is 11.1 Å². The molecule has 0 fully saturated rings. The van der Waals surface area contributed by atoms with Crippen molar-refractivity contribution in [3.05, 3.63) is 222 Å². The summed E-state index contributed by atoms with van der Waals surface area (Å²) in [5, 5.41) is 15.0. The fourth-order valence-corrected chi connectivity index (χ4v) is 10.7. The summed E-state index contributed by atoms with van der Waals surface area (Å²) in [6.07, 6.45) is 2.03. The molecule has 0 saturated heterocycles. The SMILES string of the molecule is CC(C)(C)c1ccc(-n2c(-c3cc(C(C)(C)C)cc(C(C)(C)C)c3O)nc3c(-c4[c-]c(-c5cc6c(cn5)c5ccccc5n6-c5ccccc5)cc(C(C)(C)c5ccccc5)c4)cccc32)c(-c2ccccc2)c1.[Pt]. The second-order valence-electron chi connectivity index (χ2n) is 23.7. The number of para-hydroxylation sites is 3. The molecular formula is C69H65N4OPt-. The van der Waals surface area contributed by atoms with Gasteiger partial charge >= 0.3 is 0 Å². The maximum absolute atomic E-state index is 12.7. The smallest absolute Gasteiger partial charge is 0.148 e. The number of phenols is 1. The van der Waals surface area contributed by atoms with Crippen molar-refractivity contribution in [2.24, 2.45) is 0 Å². The zero-order valence-corrected chi connectivity index (χ0v) is 47.2. The Labute approximate surface area is 457 Å². The summed E-state index contributed by atoms with van der Waals surface area (Å²) in [4.78, 5) is 11.0. The Morgan fingerprint density at radius 1 is 0.453 bits per heavy atom. The fraction of sp³-hybridized carbons (Fsp3) is 0.217. The minimum Gasteiger partial charge on any atom is -0.507 e. The van der Waals surface area contributed by atoms with E-state index in [-0.39, 0.29) is 43.1 Å². The quantitative estimate of drug-likeness (QED) is 0.154. The first kappa shape index (κ1) is 51.2. The molecule has 6 heteroatoms. The normalized spacial score (nSPS) is 12.4. The van der Waals surface area contributed by atoms with Gasteiger partial charge in [-0.15, -0.1) is 29.3 Å². The largest absolute Gasteiger partial charge is 0.507 e. The van der Waals surface area contributed by atoms with Crippen molar-refractivity contribution < 1.29 is 26.2 Å². The van der Waals surface area contributed by atoms with E-state index in [0.29, 0.717) is 11.4 Å². The van der Waals surface area contributed by atoms with Crippen LogP contribution in [0.15, 0.2) is 188 Å². The van der Waals surface area contributed by atoms with Crippen molar-refractivity contribution in [2.45, 2.75) is 97.8 Å². The van der Waals surface area contributed by atoms with E-state index in [1.54, 1.807) is 0 Å². The molecule has 378 valence electrons. The van der Waals surface area contributed by atoms with E-state index >= 15 is 0 Å². The van der Waals surface area contributed by atoms with Gasteiger partial charge in [-0.05, 0) is 87.0 Å². The molecule has 5 nitrogen and oxygen atoms in total. The number of hydrogen-bond donors (Lipinski definition) is 1. The molecule has 0 aliphatic heterocycles. The number of imidazole rings is 1. The molecule has 0 spiro atoms. The molecule has 3 heterocycles. The average molecular weight is 1160 g/mol. The van der Waals surface area contributed by atoms with Crippen LogP contribution in [0, 0.1) is 6.07 Å². The van der Waals surface area contributed by atoms with Crippen LogP contribution in [0.25, 0.3) is 89.1 Å². The molecule has 11 rings (SSSR count). The van der Waals surface area contributed by atoms with Crippen LogP contribution in [-0.4, -0.2) is 24.2 Å². The first-order valence-corrected chi connectivity index (χ1v) is 26.0. The number of hydrogen-bond acceptors (Lipinski definition) is 3. The van der Waals surface area contributed by atoms with E-state index in [9.17, 15) is 5.11 Å². The van der Waals surface area contributed by atoms with E-state index in [0.717, 1.165) is 94.4 Å². The molecule has 0 aliphatic carbocycles. The van der Waals surface area contributed by atoms with Crippen molar-refractivity contribution in [3.8, 4) is 62.0 Å². The number of fused-ring (bicyclic) bond motifs is 4. The third-order valence-electron chi connectivity index (χ3n) is 15.1. The summed E-state index contributed by atoms with van der Waals surface area (Å²) in [7, 11) is 0. The van der Waals surface area contributed by atoms with E-state index in [2.05, 4.69) is 273 Å². The molecule has 11 aromatic rings. The van der Waals surface area contributed by atoms with Gasteiger partial charge in [0.15, 0.2) is 0 Å². The van der Waals surface area contributed by atoms with Crippen LogP contribution in [0.2, 0.25) is 0 Å². The molecule has 0 atom stereocenters. The number of rotatable bonds is 8. The third-order valence-corrected chi connectivity index (χ3v) is 15.1. The van der Waals surface area contributed by atoms with Gasteiger partial charge in [-0.3, -0.25) is 9.55 Å². The summed E-state index contributed by atoms with van der Waals surface area (Å²) < 4.78 is 4.63. The number of aromatic nitrogens is 4. The molecule has 0 bridgehead atoms. The summed E-state index contributed by atoms with van der Waals surface area (Å²) in [6, 6.07) is 69.0. The van der Waals surface area contributed by atoms with Crippen LogP contribution in [0.1, 0.15) is 104 Å². The van der Waals surface area contributed by atoms with Crippen molar-refractivity contribution >= 4 is 32.8 Å². The Morgan fingerprint density at radius 2 is 1.07 bits per heavy atom. The summed E-state index contributed by atoms with van der Waals surface area (Å²) in [6.45, 7) is 24.6. The number of pyridine rings is 1. The number of benzene rings is 8. The van der Waals surface area contributed by atoms with E-state index in [1.807, 2.05) is 6.20 Å². The molecule has 0 aliphatic rings. The molecule has 1 N–H and O–H groups in total. The van der Waals surface area contributed by atoms with Crippen molar-refractivity contribution in [1.82, 2.24) is 19.1 Å². The van der Waals surface area contributed by atoms with Gasteiger partial charge in [-0.2, -0.15) is 0 Å². The molecule has 75 heavy (non-hydrogen) atoms. The van der Waals surface area contributed by atoms with Gasteiger partial charge in [0.25, 0.3) is 0 Å². The first-order chi connectivity index (χ1) is 35.3. The van der Waals surface area contributed by atoms with Gasteiger partial charge < -0.3 is 9.67 Å². The van der Waals surface area contributed by atoms with Crippen LogP contribution in [0.4, 0.5) is 0 Å². The zero-order valence-electron chi connectivity index (χ0n) is 45.0. The van der Waals surface area contributed by atoms with Gasteiger partial charge in [-0.25, -0.2) is 4.98 Å². The molecular weight excluding hydrogens is 1100 g/mol. The monoisotopic (exact) mass is 1160 g/mol. The third kappa shape index (κ3) is 9.24. The molecule has 0 radical (unpaired) electrons. The summed E-state index contributed by atoms with van der Waals surface area (Å²) in [5.74, 6) is 0.912. The summed E-state index contributed by atoms with van der Waals surface area (Å²) >= 11 is 0. The van der Waals surface area contributed by atoms with Crippen molar-refractivity contribution in [1.29, 1.82) is 0 Å². The Balaban J connectivity index is 0.00000641. The maximum atomic E-state index is 12.7. The predicted octanol–water partition coefficient (Wildman–Crippen LogP) is 17.9. The van der Waals surface area contributed by atoms with Crippen molar-refractivity contribution in [2.75, 3.05) is 0 Å². The Bertz CT molecular complexity index is 3920. The van der Waals surface area contributed by atoms with Gasteiger partial charge in [0.2, 0.25) is 0 Å². The van der Waals surface area contributed by atoms with Crippen LogP contribution >= 0.6 is 0 Å². The maximum Gasteiger partial charge on any atom is 0.148 e. The van der Waals surface area contributed by atoms with E-state index in [4.69, 9.17) is 9.97 Å². The Hall–Kier alpha value is -7.33. The Morgan fingerprint density at radius 3 is 1.75 bits per heavy atom. The average Bonchev–Trinajstić information content (AvgIpc) is 3.95. The van der Waals surface area contributed by atoms with Gasteiger partial charge in [0, 0.05) is 66.0 Å². The second kappa shape index (κ2) is 19.1. The minimum atomic E-state index is -0.400. The molecule has 0 saturated carbocycles. The van der Waals surface area contributed by atoms with Crippen LogP contribution in [0.3, 0.4) is 0 Å². The predicted molar refractivity (Wildman–Crippen MR) is 310 cm³/mol.